The molecule has 0 radical (unpaired) electrons. The Labute approximate surface area is 115 Å². The number of nitrogens with two attached hydrogens (primary N) is 1. The largest absolute Gasteiger partial charge is 0.361 e. The maximum Gasteiger partial charge on any atom is 0.332 e. The van der Waals surface area contributed by atoms with Crippen LogP contribution in [0.5, 0.6) is 0 Å². The number of aromatic nitrogens is 2. The molecular weight excluding hydrogens is 268 g/mol. The van der Waals surface area contributed by atoms with Gasteiger partial charge in [-0.1, -0.05) is 6.92 Å². The van der Waals surface area contributed by atoms with Crippen molar-refractivity contribution in [3.05, 3.63) is 15.8 Å². The molecule has 0 aliphatic carbocycles. The molecule has 0 fully saturated rings. The lowest BCUT2D eigenvalue weighted by Crippen LogP contribution is -2.24. The monoisotopic (exact) mass is 286 g/mol. The Kier molecular flexibility index (Phi) is 5.77. The Morgan fingerprint density at radius 3 is 2.68 bits per heavy atom. The predicted octanol–water partition coefficient (Wildman–Crippen LogP) is 1.53. The summed E-state index contributed by atoms with van der Waals surface area (Å²) in [7, 11) is 0. The summed E-state index contributed by atoms with van der Waals surface area (Å²) in [4.78, 5) is 18.6. The highest BCUT2D eigenvalue weighted by molar-refractivity contribution is 7.98. The van der Waals surface area contributed by atoms with E-state index in [-0.39, 0.29) is 29.2 Å². The van der Waals surface area contributed by atoms with Gasteiger partial charge in [0.25, 0.3) is 0 Å². The first-order chi connectivity index (χ1) is 9.03. The number of thioether (sulfide) groups is 1. The van der Waals surface area contributed by atoms with Crippen LogP contribution >= 0.6 is 11.8 Å². The van der Waals surface area contributed by atoms with Crippen LogP contribution in [0.2, 0.25) is 0 Å². The van der Waals surface area contributed by atoms with Crippen LogP contribution in [0.15, 0.2) is 0 Å². The van der Waals surface area contributed by atoms with Gasteiger partial charge in [-0.3, -0.25) is 15.5 Å². The summed E-state index contributed by atoms with van der Waals surface area (Å²) in [6.07, 6.45) is 2.82. The van der Waals surface area contributed by atoms with E-state index in [1.54, 1.807) is 18.7 Å². The first-order valence-electron chi connectivity index (χ1n) is 5.78. The highest BCUT2D eigenvalue weighted by Gasteiger charge is 2.23. The lowest BCUT2D eigenvalue weighted by atomic mass is 10.2. The van der Waals surface area contributed by atoms with Crippen LogP contribution < -0.4 is 16.6 Å². The number of hydrogen-bond donors (Lipinski definition) is 3. The van der Waals surface area contributed by atoms with Crippen molar-refractivity contribution in [2.24, 2.45) is 5.84 Å². The molecule has 0 saturated carbocycles. The van der Waals surface area contributed by atoms with Gasteiger partial charge < -0.3 is 5.32 Å². The molecule has 0 aromatic carbocycles. The van der Waals surface area contributed by atoms with E-state index in [4.69, 9.17) is 5.84 Å². The van der Waals surface area contributed by atoms with E-state index in [1.807, 2.05) is 13.2 Å². The SMILES string of the molecule is CCC(CSC)Nc1nc(NN)nc(C)c1[N+](=O)[O-]. The molecule has 0 amide bonds. The van der Waals surface area contributed by atoms with Crippen LogP contribution in [0.3, 0.4) is 0 Å². The van der Waals surface area contributed by atoms with Crippen molar-refractivity contribution in [3.8, 4) is 0 Å². The second-order valence-electron chi connectivity index (χ2n) is 3.94. The van der Waals surface area contributed by atoms with Crippen molar-refractivity contribution < 1.29 is 4.92 Å². The van der Waals surface area contributed by atoms with Crippen molar-refractivity contribution in [3.63, 3.8) is 0 Å². The van der Waals surface area contributed by atoms with Crippen molar-refractivity contribution in [1.29, 1.82) is 0 Å². The van der Waals surface area contributed by atoms with Gasteiger partial charge in [0, 0.05) is 11.8 Å². The quantitative estimate of drug-likeness (QED) is 0.392. The molecule has 4 N–H and O–H groups in total. The third-order valence-electron chi connectivity index (χ3n) is 2.57. The number of nitro groups is 1. The van der Waals surface area contributed by atoms with Crippen LogP contribution in [-0.2, 0) is 0 Å². The van der Waals surface area contributed by atoms with Gasteiger partial charge in [-0.2, -0.15) is 16.7 Å². The Balaban J connectivity index is 3.15. The van der Waals surface area contributed by atoms with E-state index in [0.717, 1.165) is 12.2 Å². The summed E-state index contributed by atoms with van der Waals surface area (Å²) in [5, 5.41) is 14.2. The van der Waals surface area contributed by atoms with Gasteiger partial charge in [0.1, 0.15) is 5.69 Å². The Bertz CT molecular complexity index is 456. The van der Waals surface area contributed by atoms with E-state index >= 15 is 0 Å². The fourth-order valence-corrected chi connectivity index (χ4v) is 2.33. The number of rotatable bonds is 7. The number of nitrogens with one attached hydrogen (secondary N) is 2. The topological polar surface area (TPSA) is 119 Å². The highest BCUT2D eigenvalue weighted by atomic mass is 32.2. The van der Waals surface area contributed by atoms with E-state index in [9.17, 15) is 10.1 Å². The predicted molar refractivity (Wildman–Crippen MR) is 77.3 cm³/mol. The maximum absolute atomic E-state index is 11.1. The molecule has 1 rings (SSSR count). The van der Waals surface area contributed by atoms with Gasteiger partial charge in [0.05, 0.1) is 4.92 Å². The van der Waals surface area contributed by atoms with Crippen LogP contribution in [0, 0.1) is 17.0 Å². The van der Waals surface area contributed by atoms with Crippen LogP contribution in [-0.4, -0.2) is 32.9 Å². The molecule has 106 valence electrons. The average molecular weight is 286 g/mol. The molecule has 9 heteroatoms. The second kappa shape index (κ2) is 7.10. The molecule has 0 bridgehead atoms. The number of nitrogens with zero attached hydrogens (tertiary/aromatic N) is 3. The minimum absolute atomic E-state index is 0.105. The smallest absolute Gasteiger partial charge is 0.332 e. The first kappa shape index (κ1) is 15.4. The van der Waals surface area contributed by atoms with Crippen LogP contribution in [0.1, 0.15) is 19.0 Å². The summed E-state index contributed by atoms with van der Waals surface area (Å²) in [5.74, 6) is 6.45. The van der Waals surface area contributed by atoms with Crippen LogP contribution in [0.25, 0.3) is 0 Å². The molecule has 1 unspecified atom stereocenters. The summed E-state index contributed by atoms with van der Waals surface area (Å²) in [6.45, 7) is 3.57. The fourth-order valence-electron chi connectivity index (χ4n) is 1.61. The molecule has 0 spiro atoms. The number of nitrogen functional groups attached to an aromatic ring is 1. The molecule has 1 aromatic heterocycles. The third-order valence-corrected chi connectivity index (χ3v) is 3.31. The molecule has 1 heterocycles. The average Bonchev–Trinajstić information content (AvgIpc) is 2.36. The summed E-state index contributed by atoms with van der Waals surface area (Å²) >= 11 is 1.67. The molecule has 0 aliphatic rings. The second-order valence-corrected chi connectivity index (χ2v) is 4.85. The summed E-state index contributed by atoms with van der Waals surface area (Å²) in [6, 6.07) is 0.105. The molecule has 1 atom stereocenters. The molecular formula is C10H18N6O2S. The zero-order chi connectivity index (χ0) is 14.4. The van der Waals surface area contributed by atoms with Gasteiger partial charge >= 0.3 is 5.69 Å². The summed E-state index contributed by atoms with van der Waals surface area (Å²) < 4.78 is 0. The normalized spacial score (nSPS) is 12.0. The van der Waals surface area contributed by atoms with Gasteiger partial charge in [0.15, 0.2) is 0 Å². The van der Waals surface area contributed by atoms with Crippen molar-refractivity contribution in [2.75, 3.05) is 22.8 Å². The number of hydrazine groups is 1. The lowest BCUT2D eigenvalue weighted by Gasteiger charge is -2.17. The molecule has 1 aromatic rings. The van der Waals surface area contributed by atoms with Crippen molar-refractivity contribution in [1.82, 2.24) is 9.97 Å². The van der Waals surface area contributed by atoms with Gasteiger partial charge in [-0.25, -0.2) is 10.8 Å². The summed E-state index contributed by atoms with van der Waals surface area (Å²) in [5.41, 5.74) is 2.47. The number of aryl methyl sites for hydroxylation is 1. The van der Waals surface area contributed by atoms with Gasteiger partial charge in [-0.15, -0.1) is 0 Å². The zero-order valence-corrected chi connectivity index (χ0v) is 12.0. The van der Waals surface area contributed by atoms with Crippen LogP contribution in [0.4, 0.5) is 17.5 Å². The van der Waals surface area contributed by atoms with E-state index in [2.05, 4.69) is 20.7 Å². The zero-order valence-electron chi connectivity index (χ0n) is 11.1. The third kappa shape index (κ3) is 3.93. The first-order valence-corrected chi connectivity index (χ1v) is 7.17. The van der Waals surface area contributed by atoms with Gasteiger partial charge in [0.2, 0.25) is 11.8 Å². The van der Waals surface area contributed by atoms with E-state index in [1.165, 1.54) is 0 Å². The van der Waals surface area contributed by atoms with Crippen molar-refractivity contribution >= 4 is 29.2 Å². The Morgan fingerprint density at radius 1 is 1.53 bits per heavy atom. The van der Waals surface area contributed by atoms with E-state index < -0.39 is 4.92 Å². The van der Waals surface area contributed by atoms with Crippen molar-refractivity contribution in [2.45, 2.75) is 26.3 Å². The minimum Gasteiger partial charge on any atom is -0.361 e. The standard InChI is InChI=1S/C10H18N6O2S/c1-4-7(5-19-3)13-9-8(16(17)18)6(2)12-10(14-9)15-11/h7H,4-5,11H2,1-3H3,(H2,12,13,14,15). The number of hydrogen-bond acceptors (Lipinski definition) is 8. The molecule has 8 nitrogen and oxygen atoms in total. The highest BCUT2D eigenvalue weighted by Crippen LogP contribution is 2.27. The fraction of sp³-hybridized carbons (Fsp3) is 0.600. The minimum atomic E-state index is -0.482. The molecule has 0 saturated heterocycles. The molecule has 19 heavy (non-hydrogen) atoms. The molecule has 0 aliphatic heterocycles. The maximum atomic E-state index is 11.1. The van der Waals surface area contributed by atoms with Gasteiger partial charge in [-0.05, 0) is 19.6 Å². The Hall–Kier alpha value is -1.61. The Morgan fingerprint density at radius 2 is 2.21 bits per heavy atom. The number of anilines is 2. The van der Waals surface area contributed by atoms with E-state index in [0.29, 0.717) is 0 Å². The lowest BCUT2D eigenvalue weighted by molar-refractivity contribution is -0.385.